The first kappa shape index (κ1) is 20.3. The van der Waals surface area contributed by atoms with Gasteiger partial charge in [-0.05, 0) is 6.07 Å². The third-order valence-corrected chi connectivity index (χ3v) is 5.96. The van der Waals surface area contributed by atoms with Gasteiger partial charge in [0.2, 0.25) is 11.9 Å². The molecule has 5 heterocycles. The third kappa shape index (κ3) is 3.52. The highest BCUT2D eigenvalue weighted by Crippen LogP contribution is 2.32. The maximum absolute atomic E-state index is 11.4. The summed E-state index contributed by atoms with van der Waals surface area (Å²) in [5.74, 6) is 1.12. The SMILES string of the molecule is CC(=O)N1CC(Oc2nn(C)cc2Nc2ncc3cc(C#N)n([C@H]4COC[C@@H]4C)c3n2)C1. The Balaban J connectivity index is 1.42. The molecule has 11 nitrogen and oxygen atoms in total. The van der Waals surface area contributed by atoms with Crippen LogP contribution in [-0.4, -0.2) is 67.5 Å². The minimum Gasteiger partial charge on any atom is -0.468 e. The Bertz CT molecular complexity index is 1220. The van der Waals surface area contributed by atoms with Gasteiger partial charge in [0.05, 0.1) is 38.5 Å². The average molecular weight is 436 g/mol. The summed E-state index contributed by atoms with van der Waals surface area (Å²) in [6, 6.07) is 4.12. The van der Waals surface area contributed by atoms with E-state index < -0.39 is 0 Å². The molecule has 3 aromatic heterocycles. The summed E-state index contributed by atoms with van der Waals surface area (Å²) >= 11 is 0. The molecule has 0 radical (unpaired) electrons. The van der Waals surface area contributed by atoms with Gasteiger partial charge in [0.15, 0.2) is 0 Å². The smallest absolute Gasteiger partial charge is 0.257 e. The van der Waals surface area contributed by atoms with Crippen LogP contribution < -0.4 is 10.1 Å². The van der Waals surface area contributed by atoms with Gasteiger partial charge in [-0.15, -0.1) is 5.10 Å². The second kappa shape index (κ2) is 7.80. The lowest BCUT2D eigenvalue weighted by atomic mass is 10.1. The fraction of sp³-hybridized carbons (Fsp3) is 0.476. The van der Waals surface area contributed by atoms with Crippen molar-refractivity contribution in [2.45, 2.75) is 26.0 Å². The van der Waals surface area contributed by atoms with E-state index in [1.54, 1.807) is 42.0 Å². The van der Waals surface area contributed by atoms with Crippen LogP contribution in [0.15, 0.2) is 18.5 Å². The molecule has 2 fully saturated rings. The van der Waals surface area contributed by atoms with Crippen molar-refractivity contribution in [2.24, 2.45) is 13.0 Å². The topological polar surface area (TPSA) is 123 Å². The van der Waals surface area contributed by atoms with Crippen molar-refractivity contribution < 1.29 is 14.3 Å². The fourth-order valence-corrected chi connectivity index (χ4v) is 4.16. The van der Waals surface area contributed by atoms with Crippen molar-refractivity contribution >= 4 is 28.6 Å². The second-order valence-electron chi connectivity index (χ2n) is 8.38. The van der Waals surface area contributed by atoms with E-state index in [1.807, 2.05) is 4.57 Å². The Morgan fingerprint density at radius 3 is 2.88 bits per heavy atom. The van der Waals surface area contributed by atoms with Crippen LogP contribution in [0.1, 0.15) is 25.6 Å². The van der Waals surface area contributed by atoms with Gasteiger partial charge in [-0.3, -0.25) is 9.48 Å². The highest BCUT2D eigenvalue weighted by molar-refractivity contribution is 5.79. The molecule has 0 spiro atoms. The van der Waals surface area contributed by atoms with Crippen molar-refractivity contribution in [1.82, 2.24) is 29.2 Å². The number of hydrogen-bond donors (Lipinski definition) is 1. The minimum atomic E-state index is -0.1000. The Morgan fingerprint density at radius 2 is 2.19 bits per heavy atom. The highest BCUT2D eigenvalue weighted by atomic mass is 16.5. The monoisotopic (exact) mass is 436 g/mol. The molecular weight excluding hydrogens is 412 g/mol. The lowest BCUT2D eigenvalue weighted by Gasteiger charge is -2.37. The minimum absolute atomic E-state index is 0.0349. The summed E-state index contributed by atoms with van der Waals surface area (Å²) in [5.41, 5.74) is 1.85. The van der Waals surface area contributed by atoms with Gasteiger partial charge >= 0.3 is 0 Å². The molecule has 0 saturated carbocycles. The zero-order valence-electron chi connectivity index (χ0n) is 18.1. The van der Waals surface area contributed by atoms with Gasteiger partial charge in [-0.25, -0.2) is 4.98 Å². The van der Waals surface area contributed by atoms with Gasteiger partial charge < -0.3 is 24.3 Å². The van der Waals surface area contributed by atoms with Gasteiger partial charge in [-0.1, -0.05) is 6.92 Å². The van der Waals surface area contributed by atoms with E-state index in [-0.39, 0.29) is 24.0 Å². The number of carbonyl (C=O) groups is 1. The van der Waals surface area contributed by atoms with E-state index in [1.165, 1.54) is 0 Å². The van der Waals surface area contributed by atoms with E-state index in [4.69, 9.17) is 14.5 Å². The maximum Gasteiger partial charge on any atom is 0.257 e. The van der Waals surface area contributed by atoms with Gasteiger partial charge in [0, 0.05) is 31.5 Å². The van der Waals surface area contributed by atoms with Crippen LogP contribution in [0.4, 0.5) is 11.6 Å². The number of nitriles is 1. The molecule has 2 aliphatic heterocycles. The zero-order chi connectivity index (χ0) is 22.4. The number of likely N-dealkylation sites (tertiary alicyclic amines) is 1. The number of nitrogens with zero attached hydrogens (tertiary/aromatic N) is 7. The predicted molar refractivity (Wildman–Crippen MR) is 114 cm³/mol. The van der Waals surface area contributed by atoms with Crippen molar-refractivity contribution in [1.29, 1.82) is 5.26 Å². The number of anilines is 2. The van der Waals surface area contributed by atoms with Crippen LogP contribution in [0.3, 0.4) is 0 Å². The Morgan fingerprint density at radius 1 is 1.38 bits per heavy atom. The number of amides is 1. The molecule has 2 atom stereocenters. The van der Waals surface area contributed by atoms with E-state index in [0.29, 0.717) is 55.2 Å². The summed E-state index contributed by atoms with van der Waals surface area (Å²) < 4.78 is 15.2. The molecule has 1 amide bonds. The summed E-state index contributed by atoms with van der Waals surface area (Å²) in [7, 11) is 1.80. The van der Waals surface area contributed by atoms with Crippen molar-refractivity contribution in [2.75, 3.05) is 31.6 Å². The predicted octanol–water partition coefficient (Wildman–Crippen LogP) is 1.60. The molecule has 3 aromatic rings. The standard InChI is InChI=1S/C21H24N8O3/c1-12-10-31-11-18(12)29-15(5-22)4-14-6-23-21(25-19(14)29)24-17-9-27(3)26-20(17)32-16-7-28(8-16)13(2)30/h4,6,9,12,16,18H,7-8,10-11H2,1-3H3,(H,23,24,25)/t12-,18-/m0/s1. The normalized spacial score (nSPS) is 20.9. The maximum atomic E-state index is 11.4. The number of rotatable bonds is 5. The fourth-order valence-electron chi connectivity index (χ4n) is 4.16. The third-order valence-electron chi connectivity index (χ3n) is 5.96. The summed E-state index contributed by atoms with van der Waals surface area (Å²) in [5, 5.41) is 18.0. The van der Waals surface area contributed by atoms with E-state index in [9.17, 15) is 10.1 Å². The molecule has 0 aromatic carbocycles. The number of fused-ring (bicyclic) bond motifs is 1. The molecule has 166 valence electrons. The summed E-state index contributed by atoms with van der Waals surface area (Å²) in [6.07, 6.45) is 3.39. The molecule has 2 saturated heterocycles. The van der Waals surface area contributed by atoms with Crippen molar-refractivity contribution in [3.63, 3.8) is 0 Å². The highest BCUT2D eigenvalue weighted by Gasteiger charge is 2.32. The largest absolute Gasteiger partial charge is 0.468 e. The number of aromatic nitrogens is 5. The lowest BCUT2D eigenvalue weighted by Crippen LogP contribution is -2.55. The van der Waals surface area contributed by atoms with Crippen LogP contribution in [0.5, 0.6) is 5.88 Å². The van der Waals surface area contributed by atoms with E-state index in [2.05, 4.69) is 28.4 Å². The molecule has 11 heteroatoms. The summed E-state index contributed by atoms with van der Waals surface area (Å²) in [4.78, 5) is 22.2. The zero-order valence-corrected chi connectivity index (χ0v) is 18.1. The first-order chi connectivity index (χ1) is 15.4. The molecule has 2 aliphatic rings. The molecule has 0 unspecified atom stereocenters. The van der Waals surface area contributed by atoms with Crippen LogP contribution in [0.2, 0.25) is 0 Å². The number of nitrogens with one attached hydrogen (secondary N) is 1. The number of hydrogen-bond acceptors (Lipinski definition) is 8. The Hall–Kier alpha value is -3.65. The van der Waals surface area contributed by atoms with Crippen LogP contribution in [-0.2, 0) is 16.6 Å². The number of ether oxygens (including phenoxy) is 2. The van der Waals surface area contributed by atoms with Crippen LogP contribution in [0.25, 0.3) is 11.0 Å². The molecular formula is C21H24N8O3. The van der Waals surface area contributed by atoms with Crippen molar-refractivity contribution in [3.8, 4) is 11.9 Å². The molecule has 32 heavy (non-hydrogen) atoms. The quantitative estimate of drug-likeness (QED) is 0.640. The summed E-state index contributed by atoms with van der Waals surface area (Å²) in [6.45, 7) is 5.94. The van der Waals surface area contributed by atoms with E-state index >= 15 is 0 Å². The van der Waals surface area contributed by atoms with Crippen LogP contribution >= 0.6 is 0 Å². The van der Waals surface area contributed by atoms with Gasteiger partial charge in [0.1, 0.15) is 29.2 Å². The lowest BCUT2D eigenvalue weighted by molar-refractivity contribution is -0.137. The van der Waals surface area contributed by atoms with Gasteiger partial charge in [-0.2, -0.15) is 10.2 Å². The number of aryl methyl sites for hydroxylation is 1. The van der Waals surface area contributed by atoms with Crippen molar-refractivity contribution in [3.05, 3.63) is 24.2 Å². The first-order valence-corrected chi connectivity index (χ1v) is 10.5. The Labute approximate surface area is 184 Å². The Kier molecular flexibility index (Phi) is 4.94. The van der Waals surface area contributed by atoms with Crippen LogP contribution in [0, 0.1) is 17.2 Å². The average Bonchev–Trinajstić information content (AvgIpc) is 3.40. The first-order valence-electron chi connectivity index (χ1n) is 10.5. The second-order valence-corrected chi connectivity index (χ2v) is 8.38. The van der Waals surface area contributed by atoms with E-state index in [0.717, 1.165) is 5.39 Å². The van der Waals surface area contributed by atoms with Gasteiger partial charge in [0.25, 0.3) is 5.88 Å². The number of carbonyl (C=O) groups excluding carboxylic acids is 1. The molecule has 1 N–H and O–H groups in total. The molecule has 5 rings (SSSR count). The molecule has 0 aliphatic carbocycles. The molecule has 0 bridgehead atoms.